The molecule has 4 rings (SSSR count). The summed E-state index contributed by atoms with van der Waals surface area (Å²) >= 11 is 0. The maximum atomic E-state index is 14.3. The van der Waals surface area contributed by atoms with Crippen LogP contribution in [-0.4, -0.2) is 18.1 Å². The van der Waals surface area contributed by atoms with Crippen LogP contribution in [0.3, 0.4) is 0 Å². The second-order valence-electron chi connectivity index (χ2n) is 6.71. The first-order valence-electron chi connectivity index (χ1n) is 8.22. The van der Waals surface area contributed by atoms with Gasteiger partial charge in [0.1, 0.15) is 12.4 Å². The highest BCUT2D eigenvalue weighted by atomic mass is 19.2. The van der Waals surface area contributed by atoms with E-state index < -0.39 is 34.7 Å². The number of benzene rings is 2. The highest BCUT2D eigenvalue weighted by molar-refractivity contribution is 5.50. The molecular formula is C18H14F3NO5. The molecule has 1 saturated carbocycles. The molecule has 2 aromatic carbocycles. The van der Waals surface area contributed by atoms with Crippen molar-refractivity contribution in [1.82, 2.24) is 0 Å². The predicted octanol–water partition coefficient (Wildman–Crippen LogP) is 4.14. The van der Waals surface area contributed by atoms with Crippen LogP contribution in [-0.2, 0) is 6.61 Å². The minimum atomic E-state index is -1.13. The van der Waals surface area contributed by atoms with Gasteiger partial charge in [0.15, 0.2) is 23.1 Å². The standard InChI is InChI=1S/C18H14F3NO5/c19-11-1-2-14-10(17(11)21)7-25-16-6-13(22(23)24)12(20)5-15(16)27-9-18(3-4-18)8-26-14/h1-2,5-6H,3-4,7-9H2. The maximum absolute atomic E-state index is 14.3. The van der Waals surface area contributed by atoms with Crippen LogP contribution >= 0.6 is 0 Å². The fourth-order valence-corrected chi connectivity index (χ4v) is 2.85. The lowest BCUT2D eigenvalue weighted by atomic mass is 10.1. The summed E-state index contributed by atoms with van der Waals surface area (Å²) in [5.41, 5.74) is -1.29. The van der Waals surface area contributed by atoms with Crippen LogP contribution in [0.15, 0.2) is 24.3 Å². The Hall–Kier alpha value is -2.97. The normalized spacial score (nSPS) is 17.4. The monoisotopic (exact) mass is 381 g/mol. The van der Waals surface area contributed by atoms with Crippen LogP contribution in [0, 0.1) is 33.0 Å². The van der Waals surface area contributed by atoms with E-state index in [1.807, 2.05) is 0 Å². The molecule has 0 unspecified atom stereocenters. The Kier molecular flexibility index (Phi) is 4.09. The van der Waals surface area contributed by atoms with Crippen molar-refractivity contribution in [1.29, 1.82) is 0 Å². The molecule has 0 N–H and O–H groups in total. The molecule has 0 aromatic heterocycles. The van der Waals surface area contributed by atoms with Gasteiger partial charge < -0.3 is 14.2 Å². The lowest BCUT2D eigenvalue weighted by Gasteiger charge is -2.17. The first-order chi connectivity index (χ1) is 12.9. The number of nitrogens with zero attached hydrogens (tertiary/aromatic N) is 1. The van der Waals surface area contributed by atoms with E-state index in [-0.39, 0.29) is 41.4 Å². The number of nitro benzene ring substituents is 1. The van der Waals surface area contributed by atoms with Crippen LogP contribution < -0.4 is 14.2 Å². The maximum Gasteiger partial charge on any atom is 0.308 e. The molecule has 6 nitrogen and oxygen atoms in total. The minimum absolute atomic E-state index is 0.0374. The quantitative estimate of drug-likeness (QED) is 0.548. The number of rotatable bonds is 1. The highest BCUT2D eigenvalue weighted by Crippen LogP contribution is 2.48. The van der Waals surface area contributed by atoms with Gasteiger partial charge in [-0.1, -0.05) is 0 Å². The molecule has 9 heteroatoms. The third-order valence-corrected chi connectivity index (χ3v) is 4.76. The summed E-state index contributed by atoms with van der Waals surface area (Å²) in [5, 5.41) is 11.0. The number of ether oxygens (including phenoxy) is 3. The molecule has 1 heterocycles. The average molecular weight is 381 g/mol. The number of fused-ring (bicyclic) bond motifs is 2. The molecule has 1 aliphatic carbocycles. The van der Waals surface area contributed by atoms with Gasteiger partial charge in [-0.05, 0) is 25.0 Å². The van der Waals surface area contributed by atoms with Gasteiger partial charge in [0.2, 0.25) is 5.82 Å². The Morgan fingerprint density at radius 3 is 2.26 bits per heavy atom. The van der Waals surface area contributed by atoms with Crippen molar-refractivity contribution in [3.8, 4) is 17.2 Å². The number of halogens is 3. The van der Waals surface area contributed by atoms with Crippen LogP contribution in [0.5, 0.6) is 17.2 Å². The summed E-state index contributed by atoms with van der Waals surface area (Å²) in [6.45, 7) is -0.0689. The third kappa shape index (κ3) is 3.24. The zero-order valence-corrected chi connectivity index (χ0v) is 14.0. The molecule has 0 atom stereocenters. The molecule has 1 aliphatic heterocycles. The van der Waals surface area contributed by atoms with Crippen LogP contribution in [0.2, 0.25) is 0 Å². The molecule has 1 spiro atoms. The molecule has 0 amide bonds. The van der Waals surface area contributed by atoms with Crippen molar-refractivity contribution in [3.63, 3.8) is 0 Å². The summed E-state index contributed by atoms with van der Waals surface area (Å²) in [5.74, 6) is -3.31. The summed E-state index contributed by atoms with van der Waals surface area (Å²) in [4.78, 5) is 10.1. The van der Waals surface area contributed by atoms with E-state index in [2.05, 4.69) is 0 Å². The molecular weight excluding hydrogens is 367 g/mol. The van der Waals surface area contributed by atoms with E-state index in [0.29, 0.717) is 0 Å². The Bertz CT molecular complexity index is 930. The van der Waals surface area contributed by atoms with Crippen molar-refractivity contribution in [3.05, 3.63) is 57.4 Å². The fourth-order valence-electron chi connectivity index (χ4n) is 2.85. The Morgan fingerprint density at radius 2 is 1.59 bits per heavy atom. The highest BCUT2D eigenvalue weighted by Gasteiger charge is 2.45. The lowest BCUT2D eigenvalue weighted by molar-refractivity contribution is -0.387. The first kappa shape index (κ1) is 17.4. The van der Waals surface area contributed by atoms with Gasteiger partial charge in [-0.25, -0.2) is 8.78 Å². The zero-order chi connectivity index (χ0) is 19.2. The van der Waals surface area contributed by atoms with E-state index >= 15 is 0 Å². The van der Waals surface area contributed by atoms with E-state index in [1.165, 1.54) is 6.07 Å². The Balaban J connectivity index is 1.78. The van der Waals surface area contributed by atoms with Crippen molar-refractivity contribution in [2.75, 3.05) is 13.2 Å². The SMILES string of the molecule is O=[N+]([O-])c1cc2c(cc1F)OCC1(CC1)COc1ccc(F)c(F)c1CO2. The van der Waals surface area contributed by atoms with Gasteiger partial charge >= 0.3 is 5.69 Å². The fraction of sp³-hybridized carbons (Fsp3) is 0.333. The zero-order valence-electron chi connectivity index (χ0n) is 14.0. The van der Waals surface area contributed by atoms with Crippen molar-refractivity contribution < 1.29 is 32.3 Å². The number of hydrogen-bond acceptors (Lipinski definition) is 5. The Morgan fingerprint density at radius 1 is 0.926 bits per heavy atom. The van der Waals surface area contributed by atoms with Crippen molar-refractivity contribution in [2.45, 2.75) is 19.4 Å². The first-order valence-corrected chi connectivity index (χ1v) is 8.22. The van der Waals surface area contributed by atoms with Crippen LogP contribution in [0.1, 0.15) is 18.4 Å². The van der Waals surface area contributed by atoms with Crippen LogP contribution in [0.25, 0.3) is 0 Å². The van der Waals surface area contributed by atoms with Gasteiger partial charge in [0.25, 0.3) is 0 Å². The van der Waals surface area contributed by atoms with Crippen LogP contribution in [0.4, 0.5) is 18.9 Å². The molecule has 1 fully saturated rings. The number of hydrogen-bond donors (Lipinski definition) is 0. The second-order valence-corrected chi connectivity index (χ2v) is 6.71. The third-order valence-electron chi connectivity index (χ3n) is 4.76. The van der Waals surface area contributed by atoms with Gasteiger partial charge in [0, 0.05) is 11.5 Å². The summed E-state index contributed by atoms with van der Waals surface area (Å²) in [6, 6.07) is 4.00. The minimum Gasteiger partial charge on any atom is -0.492 e. The van der Waals surface area contributed by atoms with Gasteiger partial charge in [-0.15, -0.1) is 0 Å². The molecule has 2 aromatic rings. The predicted molar refractivity (Wildman–Crippen MR) is 86.4 cm³/mol. The van der Waals surface area contributed by atoms with Gasteiger partial charge in [0.05, 0.1) is 29.8 Å². The second kappa shape index (κ2) is 6.33. The topological polar surface area (TPSA) is 70.8 Å². The molecule has 2 aliphatic rings. The van der Waals surface area contributed by atoms with Gasteiger partial charge in [-0.2, -0.15) is 4.39 Å². The summed E-state index contributed by atoms with van der Waals surface area (Å²) < 4.78 is 58.6. The summed E-state index contributed by atoms with van der Waals surface area (Å²) in [7, 11) is 0. The average Bonchev–Trinajstić information content (AvgIpc) is 3.41. The Labute approximate surface area is 151 Å². The van der Waals surface area contributed by atoms with E-state index in [1.54, 1.807) is 0 Å². The van der Waals surface area contributed by atoms with Gasteiger partial charge in [-0.3, -0.25) is 10.1 Å². The smallest absolute Gasteiger partial charge is 0.308 e. The number of nitro groups is 1. The van der Waals surface area contributed by atoms with E-state index in [9.17, 15) is 23.3 Å². The summed E-state index contributed by atoms with van der Waals surface area (Å²) in [6.07, 6.45) is 1.58. The lowest BCUT2D eigenvalue weighted by Crippen LogP contribution is -2.21. The van der Waals surface area contributed by atoms with E-state index in [0.717, 1.165) is 31.0 Å². The molecule has 0 radical (unpaired) electrons. The molecule has 27 heavy (non-hydrogen) atoms. The largest absolute Gasteiger partial charge is 0.492 e. The molecule has 0 saturated heterocycles. The molecule has 142 valence electrons. The van der Waals surface area contributed by atoms with E-state index in [4.69, 9.17) is 14.2 Å². The molecule has 0 bridgehead atoms. The van der Waals surface area contributed by atoms with Crippen molar-refractivity contribution in [2.24, 2.45) is 5.41 Å². The van der Waals surface area contributed by atoms with Crippen molar-refractivity contribution >= 4 is 5.69 Å².